The molecule has 0 bridgehead atoms. The van der Waals surface area contributed by atoms with Crippen LogP contribution in [0.4, 0.5) is 13.2 Å². The number of hydrogen-bond acceptors (Lipinski definition) is 2. The number of pyridine rings is 1. The highest BCUT2D eigenvalue weighted by molar-refractivity contribution is 5.76. The molecule has 14 heavy (non-hydrogen) atoms. The number of rotatable bonds is 0. The highest BCUT2D eigenvalue weighted by Gasteiger charge is 2.36. The Labute approximate surface area is 76.4 Å². The first-order chi connectivity index (χ1) is 6.50. The molecule has 0 aliphatic heterocycles. The van der Waals surface area contributed by atoms with E-state index in [-0.39, 0.29) is 15.8 Å². The van der Waals surface area contributed by atoms with E-state index in [9.17, 15) is 13.2 Å². The van der Waals surface area contributed by atoms with Gasteiger partial charge in [0.15, 0.2) is 11.3 Å². The number of alkyl halides is 3. The molecule has 0 aromatic carbocycles. The lowest BCUT2D eigenvalue weighted by atomic mass is 10.3. The zero-order chi connectivity index (χ0) is 10.3. The summed E-state index contributed by atoms with van der Waals surface area (Å²) in [6, 6.07) is 3.80. The molecule has 0 amide bonds. The van der Waals surface area contributed by atoms with E-state index in [1.54, 1.807) is 0 Å². The molecule has 0 aliphatic carbocycles. The number of aromatic nitrogens is 2. The lowest BCUT2D eigenvalue weighted by molar-refractivity contribution is -0.150. The summed E-state index contributed by atoms with van der Waals surface area (Å²) < 4.78 is 36.9. The van der Waals surface area contributed by atoms with Gasteiger partial charge in [-0.25, -0.2) is 4.98 Å². The normalized spacial score (nSPS) is 12.2. The molecule has 0 unspecified atom stereocenters. The molecule has 74 valence electrons. The Morgan fingerprint density at radius 2 is 2.07 bits per heavy atom. The number of halogens is 3. The van der Waals surface area contributed by atoms with Crippen LogP contribution < -0.4 is 0 Å². The van der Waals surface area contributed by atoms with Crippen LogP contribution in [0.2, 0.25) is 0 Å². The Morgan fingerprint density at radius 1 is 1.36 bits per heavy atom. The predicted molar refractivity (Wildman–Crippen MR) is 41.9 cm³/mol. The van der Waals surface area contributed by atoms with Crippen LogP contribution in [0, 0.1) is 0 Å². The topological polar surface area (TPSA) is 38.0 Å². The fraction of sp³-hybridized carbons (Fsp3) is 0.125. The van der Waals surface area contributed by atoms with E-state index in [2.05, 4.69) is 4.98 Å². The largest absolute Gasteiger partial charge is 0.434 e. The van der Waals surface area contributed by atoms with Crippen molar-refractivity contribution < 1.29 is 18.4 Å². The maximum atomic E-state index is 12.3. The summed E-state index contributed by atoms with van der Waals surface area (Å²) in [5, 5.41) is 9.41. The first-order valence-electron chi connectivity index (χ1n) is 3.73. The zero-order valence-electron chi connectivity index (χ0n) is 6.78. The van der Waals surface area contributed by atoms with Crippen molar-refractivity contribution in [3.8, 4) is 0 Å². The molecular formula is C8H5F3N2O. The minimum Gasteiger partial charge on any atom is -0.426 e. The predicted octanol–water partition coefficient (Wildman–Crippen LogP) is 2.29. The quantitative estimate of drug-likeness (QED) is 0.665. The van der Waals surface area contributed by atoms with Crippen molar-refractivity contribution in [1.82, 2.24) is 9.71 Å². The molecule has 0 fully saturated rings. The van der Waals surface area contributed by atoms with E-state index in [4.69, 9.17) is 5.21 Å². The van der Waals surface area contributed by atoms with Crippen LogP contribution in [-0.4, -0.2) is 14.9 Å². The minimum absolute atomic E-state index is 0.0509. The monoisotopic (exact) mass is 202 g/mol. The van der Waals surface area contributed by atoms with Crippen molar-refractivity contribution in [2.75, 3.05) is 0 Å². The molecule has 0 spiro atoms. The van der Waals surface area contributed by atoms with Crippen LogP contribution in [0.1, 0.15) is 5.69 Å². The smallest absolute Gasteiger partial charge is 0.426 e. The van der Waals surface area contributed by atoms with Gasteiger partial charge in [-0.3, -0.25) is 0 Å². The molecule has 0 saturated carbocycles. The van der Waals surface area contributed by atoms with Gasteiger partial charge in [0.25, 0.3) is 0 Å². The van der Waals surface area contributed by atoms with E-state index in [1.165, 1.54) is 18.3 Å². The lowest BCUT2D eigenvalue weighted by Crippen LogP contribution is -2.11. The van der Waals surface area contributed by atoms with Crippen LogP contribution in [0.5, 0.6) is 0 Å². The Balaban J connectivity index is 2.75. The molecular weight excluding hydrogens is 197 g/mol. The number of nitrogens with zero attached hydrogens (tertiary/aromatic N) is 2. The Morgan fingerprint density at radius 3 is 2.64 bits per heavy atom. The van der Waals surface area contributed by atoms with E-state index in [0.717, 1.165) is 6.07 Å². The second-order valence-electron chi connectivity index (χ2n) is 2.76. The Bertz CT molecular complexity index is 475. The van der Waals surface area contributed by atoms with Crippen LogP contribution in [0.25, 0.3) is 11.0 Å². The highest BCUT2D eigenvalue weighted by Crippen LogP contribution is 2.32. The van der Waals surface area contributed by atoms with Gasteiger partial charge in [0.1, 0.15) is 0 Å². The molecule has 0 saturated heterocycles. The fourth-order valence-corrected chi connectivity index (χ4v) is 1.22. The van der Waals surface area contributed by atoms with E-state index >= 15 is 0 Å². The molecule has 3 nitrogen and oxygen atoms in total. The van der Waals surface area contributed by atoms with Gasteiger partial charge in [0.05, 0.1) is 0 Å². The summed E-state index contributed by atoms with van der Waals surface area (Å²) in [7, 11) is 0. The van der Waals surface area contributed by atoms with E-state index in [0.29, 0.717) is 0 Å². The van der Waals surface area contributed by atoms with Gasteiger partial charge < -0.3 is 5.21 Å². The molecule has 0 atom stereocenters. The van der Waals surface area contributed by atoms with Crippen LogP contribution in [-0.2, 0) is 6.18 Å². The van der Waals surface area contributed by atoms with Crippen molar-refractivity contribution in [3.63, 3.8) is 0 Å². The minimum atomic E-state index is -4.57. The summed E-state index contributed by atoms with van der Waals surface area (Å²) in [4.78, 5) is 3.63. The fourth-order valence-electron chi connectivity index (χ4n) is 1.22. The first kappa shape index (κ1) is 8.86. The molecule has 2 aromatic rings. The second-order valence-corrected chi connectivity index (χ2v) is 2.76. The maximum absolute atomic E-state index is 12.3. The third-order valence-electron chi connectivity index (χ3n) is 1.83. The summed E-state index contributed by atoms with van der Waals surface area (Å²) >= 11 is 0. The molecule has 6 heteroatoms. The summed E-state index contributed by atoms with van der Waals surface area (Å²) in [5.74, 6) is 0. The molecule has 0 radical (unpaired) electrons. The van der Waals surface area contributed by atoms with Crippen LogP contribution >= 0.6 is 0 Å². The van der Waals surface area contributed by atoms with E-state index < -0.39 is 11.9 Å². The van der Waals surface area contributed by atoms with Gasteiger partial charge >= 0.3 is 6.18 Å². The average Bonchev–Trinajstić information content (AvgIpc) is 2.44. The van der Waals surface area contributed by atoms with E-state index in [1.807, 2.05) is 0 Å². The highest BCUT2D eigenvalue weighted by atomic mass is 19.4. The Hall–Kier alpha value is -1.72. The van der Waals surface area contributed by atoms with Crippen molar-refractivity contribution >= 4 is 11.0 Å². The standard InChI is InChI=1S/C8H5F3N2O/c9-8(10,11)6-4-5-2-1-3-12-7(5)13(6)14/h1-4,14H. The van der Waals surface area contributed by atoms with Gasteiger partial charge in [0, 0.05) is 11.6 Å². The summed E-state index contributed by atoms with van der Waals surface area (Å²) in [6.45, 7) is 0. The van der Waals surface area contributed by atoms with Gasteiger partial charge in [-0.05, 0) is 18.2 Å². The van der Waals surface area contributed by atoms with Gasteiger partial charge in [-0.2, -0.15) is 17.9 Å². The molecule has 2 rings (SSSR count). The first-order valence-corrected chi connectivity index (χ1v) is 3.73. The number of fused-ring (bicyclic) bond motifs is 1. The Kier molecular flexibility index (Phi) is 1.67. The lowest BCUT2D eigenvalue weighted by Gasteiger charge is -2.05. The zero-order valence-corrected chi connectivity index (χ0v) is 6.78. The van der Waals surface area contributed by atoms with Gasteiger partial charge in [0.2, 0.25) is 0 Å². The summed E-state index contributed by atoms with van der Waals surface area (Å²) in [6.07, 6.45) is -3.26. The molecule has 2 aromatic heterocycles. The second kappa shape index (κ2) is 2.63. The molecule has 1 N–H and O–H groups in total. The molecule has 2 heterocycles. The van der Waals surface area contributed by atoms with Gasteiger partial charge in [-0.15, -0.1) is 0 Å². The third kappa shape index (κ3) is 1.19. The van der Waals surface area contributed by atoms with Crippen molar-refractivity contribution in [2.45, 2.75) is 6.18 Å². The van der Waals surface area contributed by atoms with Crippen LogP contribution in [0.15, 0.2) is 24.4 Å². The average molecular weight is 202 g/mol. The van der Waals surface area contributed by atoms with Crippen molar-refractivity contribution in [1.29, 1.82) is 0 Å². The van der Waals surface area contributed by atoms with Crippen molar-refractivity contribution in [3.05, 3.63) is 30.1 Å². The third-order valence-corrected chi connectivity index (χ3v) is 1.83. The SMILES string of the molecule is On1c(C(F)(F)F)cc2cccnc21. The number of hydrogen-bond donors (Lipinski definition) is 1. The van der Waals surface area contributed by atoms with Gasteiger partial charge in [-0.1, -0.05) is 0 Å². The molecule has 0 aliphatic rings. The van der Waals surface area contributed by atoms with Crippen molar-refractivity contribution in [2.24, 2.45) is 0 Å². The van der Waals surface area contributed by atoms with Crippen LogP contribution in [0.3, 0.4) is 0 Å². The summed E-state index contributed by atoms with van der Waals surface area (Å²) in [5.41, 5.74) is -1.22. The maximum Gasteiger partial charge on any atom is 0.434 e.